The van der Waals surface area contributed by atoms with Crippen LogP contribution in [0.3, 0.4) is 0 Å². The maximum absolute atomic E-state index is 12.2. The number of hydrogen-bond acceptors (Lipinski definition) is 1. The molecule has 16 heavy (non-hydrogen) atoms. The van der Waals surface area contributed by atoms with Gasteiger partial charge in [-0.2, -0.15) is 0 Å². The summed E-state index contributed by atoms with van der Waals surface area (Å²) < 4.78 is 0. The molecule has 1 rings (SSSR count). The van der Waals surface area contributed by atoms with Gasteiger partial charge in [-0.05, 0) is 38.5 Å². The van der Waals surface area contributed by atoms with E-state index < -0.39 is 0 Å². The lowest BCUT2D eigenvalue weighted by Crippen LogP contribution is -2.26. The third kappa shape index (κ3) is 3.47. The Morgan fingerprint density at radius 3 is 2.50 bits per heavy atom. The van der Waals surface area contributed by atoms with E-state index in [4.69, 9.17) is 0 Å². The first-order valence-electron chi connectivity index (χ1n) is 6.89. The summed E-state index contributed by atoms with van der Waals surface area (Å²) in [6.07, 6.45) is 13.2. The van der Waals surface area contributed by atoms with Crippen molar-refractivity contribution in [2.45, 2.75) is 71.1 Å². The molecule has 1 aliphatic carbocycles. The fourth-order valence-corrected chi connectivity index (χ4v) is 2.90. The number of unbranched alkanes of at least 4 members (excludes halogenated alkanes) is 3. The topological polar surface area (TPSA) is 17.1 Å². The van der Waals surface area contributed by atoms with Gasteiger partial charge in [0.1, 0.15) is 5.78 Å². The van der Waals surface area contributed by atoms with Crippen LogP contribution in [0.15, 0.2) is 12.7 Å². The number of ketones is 1. The molecule has 92 valence electrons. The molecule has 0 aromatic carbocycles. The van der Waals surface area contributed by atoms with Crippen LogP contribution >= 0.6 is 0 Å². The average Bonchev–Trinajstić information content (AvgIpc) is 2.78. The lowest BCUT2D eigenvalue weighted by Gasteiger charge is -2.25. The second-order valence-corrected chi connectivity index (χ2v) is 5.15. The molecule has 0 aliphatic heterocycles. The van der Waals surface area contributed by atoms with Crippen LogP contribution in [0.4, 0.5) is 0 Å². The molecule has 0 heterocycles. The summed E-state index contributed by atoms with van der Waals surface area (Å²) in [5.74, 6) is 0.547. The fraction of sp³-hybridized carbons (Fsp3) is 0.800. The van der Waals surface area contributed by atoms with Crippen molar-refractivity contribution in [1.82, 2.24) is 0 Å². The zero-order valence-electron chi connectivity index (χ0n) is 10.8. The summed E-state index contributed by atoms with van der Waals surface area (Å²) in [5.41, 5.74) is 0.0818. The van der Waals surface area contributed by atoms with Gasteiger partial charge in [-0.3, -0.25) is 4.79 Å². The van der Waals surface area contributed by atoms with Gasteiger partial charge in [-0.15, -0.1) is 6.58 Å². The molecule has 0 atom stereocenters. The van der Waals surface area contributed by atoms with E-state index in [-0.39, 0.29) is 5.41 Å². The number of carbonyl (C=O) groups is 1. The van der Waals surface area contributed by atoms with E-state index in [1.54, 1.807) is 0 Å². The summed E-state index contributed by atoms with van der Waals surface area (Å²) in [7, 11) is 0. The van der Waals surface area contributed by atoms with Crippen molar-refractivity contribution in [3.63, 3.8) is 0 Å². The van der Waals surface area contributed by atoms with Crippen molar-refractivity contribution in [3.8, 4) is 0 Å². The van der Waals surface area contributed by atoms with Gasteiger partial charge >= 0.3 is 0 Å². The van der Waals surface area contributed by atoms with E-state index in [1.165, 1.54) is 25.7 Å². The minimum Gasteiger partial charge on any atom is -0.299 e. The highest BCUT2D eigenvalue weighted by atomic mass is 16.1. The molecule has 0 bridgehead atoms. The highest BCUT2D eigenvalue weighted by Crippen LogP contribution is 2.42. The van der Waals surface area contributed by atoms with Gasteiger partial charge in [-0.1, -0.05) is 32.3 Å². The van der Waals surface area contributed by atoms with Gasteiger partial charge in [0.2, 0.25) is 0 Å². The lowest BCUT2D eigenvalue weighted by atomic mass is 9.77. The Labute approximate surface area is 100 Å². The number of Topliss-reactive ketones (excluding diaryl/α,β-unsaturated/α-hetero) is 1. The largest absolute Gasteiger partial charge is 0.299 e. The first kappa shape index (κ1) is 13.5. The molecule has 0 aromatic rings. The quantitative estimate of drug-likeness (QED) is 0.431. The number of hydrogen-bond donors (Lipinski definition) is 0. The lowest BCUT2D eigenvalue weighted by molar-refractivity contribution is -0.128. The zero-order valence-corrected chi connectivity index (χ0v) is 10.8. The molecule has 0 saturated heterocycles. The van der Waals surface area contributed by atoms with Gasteiger partial charge in [0.05, 0.1) is 0 Å². The van der Waals surface area contributed by atoms with Crippen LogP contribution in [0, 0.1) is 5.41 Å². The van der Waals surface area contributed by atoms with Crippen molar-refractivity contribution in [2.24, 2.45) is 5.41 Å². The van der Waals surface area contributed by atoms with Crippen LogP contribution in [0.5, 0.6) is 0 Å². The Balaban J connectivity index is 2.25. The van der Waals surface area contributed by atoms with Crippen LogP contribution in [-0.4, -0.2) is 5.78 Å². The summed E-state index contributed by atoms with van der Waals surface area (Å²) >= 11 is 0. The van der Waals surface area contributed by atoms with E-state index >= 15 is 0 Å². The van der Waals surface area contributed by atoms with Crippen LogP contribution in [0.25, 0.3) is 0 Å². The first-order valence-corrected chi connectivity index (χ1v) is 6.89. The van der Waals surface area contributed by atoms with Gasteiger partial charge < -0.3 is 0 Å². The normalized spacial score (nSPS) is 18.6. The van der Waals surface area contributed by atoms with Crippen molar-refractivity contribution in [3.05, 3.63) is 12.7 Å². The summed E-state index contributed by atoms with van der Waals surface area (Å²) in [6.45, 7) is 5.90. The number of carbonyl (C=O) groups excluding carboxylic acids is 1. The van der Waals surface area contributed by atoms with Crippen LogP contribution in [0.1, 0.15) is 71.1 Å². The summed E-state index contributed by atoms with van der Waals surface area (Å²) in [6, 6.07) is 0. The number of rotatable bonds is 8. The molecule has 0 spiro atoms. The molecule has 0 radical (unpaired) electrons. The maximum Gasteiger partial charge on any atom is 0.139 e. The fourth-order valence-electron chi connectivity index (χ4n) is 2.90. The summed E-state index contributed by atoms with van der Waals surface area (Å²) in [4.78, 5) is 12.2. The highest BCUT2D eigenvalue weighted by molar-refractivity contribution is 5.85. The van der Waals surface area contributed by atoms with Gasteiger partial charge in [-0.25, -0.2) is 0 Å². The predicted molar refractivity (Wildman–Crippen MR) is 69.5 cm³/mol. The zero-order chi connectivity index (χ0) is 11.9. The van der Waals surface area contributed by atoms with Crippen molar-refractivity contribution >= 4 is 5.78 Å². The van der Waals surface area contributed by atoms with Crippen molar-refractivity contribution in [2.75, 3.05) is 0 Å². The summed E-state index contributed by atoms with van der Waals surface area (Å²) in [5, 5.41) is 0. The van der Waals surface area contributed by atoms with Crippen molar-refractivity contribution in [1.29, 1.82) is 0 Å². The second kappa shape index (κ2) is 6.88. The highest BCUT2D eigenvalue weighted by Gasteiger charge is 2.37. The van der Waals surface area contributed by atoms with E-state index in [9.17, 15) is 4.79 Å². The minimum absolute atomic E-state index is 0.0818. The average molecular weight is 222 g/mol. The predicted octanol–water partition coefficient (Wildman–Crippen LogP) is 4.66. The van der Waals surface area contributed by atoms with Gasteiger partial charge in [0.15, 0.2) is 0 Å². The van der Waals surface area contributed by atoms with E-state index in [0.717, 1.165) is 38.5 Å². The molecular weight excluding hydrogens is 196 g/mol. The standard InChI is InChI=1S/C15H26O/c1-3-5-6-7-8-11-14(16)15(4-2)12-9-10-13-15/h3H,1,4-13H2,2H3. The third-order valence-electron chi connectivity index (χ3n) is 4.14. The first-order chi connectivity index (χ1) is 7.75. The van der Waals surface area contributed by atoms with Gasteiger partial charge in [0.25, 0.3) is 0 Å². The van der Waals surface area contributed by atoms with Crippen LogP contribution < -0.4 is 0 Å². The Morgan fingerprint density at radius 1 is 1.25 bits per heavy atom. The molecule has 1 saturated carbocycles. The van der Waals surface area contributed by atoms with Crippen LogP contribution in [-0.2, 0) is 4.79 Å². The Hall–Kier alpha value is -0.590. The Bertz CT molecular complexity index is 224. The molecule has 1 fully saturated rings. The molecular formula is C15H26O. The molecule has 1 aliphatic rings. The molecule has 0 N–H and O–H groups in total. The monoisotopic (exact) mass is 222 g/mol. The number of allylic oxidation sites excluding steroid dienone is 1. The van der Waals surface area contributed by atoms with Gasteiger partial charge in [0, 0.05) is 11.8 Å². The second-order valence-electron chi connectivity index (χ2n) is 5.15. The maximum atomic E-state index is 12.2. The molecule has 1 heteroatoms. The smallest absolute Gasteiger partial charge is 0.139 e. The van der Waals surface area contributed by atoms with E-state index in [0.29, 0.717) is 5.78 Å². The van der Waals surface area contributed by atoms with Crippen molar-refractivity contribution < 1.29 is 4.79 Å². The molecule has 0 amide bonds. The van der Waals surface area contributed by atoms with E-state index in [1.807, 2.05) is 6.08 Å². The third-order valence-corrected chi connectivity index (χ3v) is 4.14. The SMILES string of the molecule is C=CCCCCCC(=O)C1(CC)CCCC1. The molecule has 1 nitrogen and oxygen atoms in total. The Kier molecular flexibility index (Phi) is 5.79. The minimum atomic E-state index is 0.0818. The van der Waals surface area contributed by atoms with E-state index in [2.05, 4.69) is 13.5 Å². The molecule has 0 unspecified atom stereocenters. The Morgan fingerprint density at radius 2 is 1.94 bits per heavy atom. The molecule has 0 aromatic heterocycles. The van der Waals surface area contributed by atoms with Crippen LogP contribution in [0.2, 0.25) is 0 Å².